The van der Waals surface area contributed by atoms with E-state index >= 15 is 0 Å². The van der Waals surface area contributed by atoms with Gasteiger partial charge in [0.05, 0.1) is 81.4 Å². The molecule has 3 amide bonds. The van der Waals surface area contributed by atoms with E-state index in [4.69, 9.17) is 67.2 Å². The highest BCUT2D eigenvalue weighted by Gasteiger charge is 2.28. The lowest BCUT2D eigenvalue weighted by Gasteiger charge is -2.23. The zero-order valence-corrected chi connectivity index (χ0v) is 63.6. The largest absolute Gasteiger partial charge is 0.495 e. The van der Waals surface area contributed by atoms with E-state index in [9.17, 15) is 19.2 Å². The highest BCUT2D eigenvalue weighted by atomic mass is 16.5. The number of carbonyl (C=O) groups excluding carboxylic acids is 3. The number of aromatic amines is 5. The van der Waals surface area contributed by atoms with Gasteiger partial charge in [0.2, 0.25) is 41.0 Å². The van der Waals surface area contributed by atoms with Gasteiger partial charge >= 0.3 is 0 Å². The topological polar surface area (TPSA) is 397 Å². The molecule has 17 rings (SSSR count). The highest BCUT2D eigenvalue weighted by molar-refractivity contribution is 6.02. The molecule has 12 heterocycles. The molecule has 0 unspecified atom stereocenters. The van der Waals surface area contributed by atoms with Gasteiger partial charge in [0.15, 0.2) is 11.5 Å². The van der Waals surface area contributed by atoms with Crippen LogP contribution in [0.4, 0.5) is 34.9 Å². The first kappa shape index (κ1) is 75.7. The van der Waals surface area contributed by atoms with Crippen molar-refractivity contribution in [2.75, 3.05) is 91.0 Å². The lowest BCUT2D eigenvalue weighted by molar-refractivity contribution is 0.0242. The van der Waals surface area contributed by atoms with Crippen LogP contribution >= 0.6 is 0 Å². The molecule has 0 saturated carbocycles. The molecular weight excluding hydrogens is 1460 g/mol. The number of pyridine rings is 1. The molecule has 0 radical (unpaired) electrons. The lowest BCUT2D eigenvalue weighted by atomic mass is 10.0. The molecule has 0 atom stereocenters. The number of amides is 3. The summed E-state index contributed by atoms with van der Waals surface area (Å²) in [5.74, 6) is 3.42. The van der Waals surface area contributed by atoms with Crippen molar-refractivity contribution in [1.82, 2.24) is 75.8 Å². The molecule has 14 aromatic rings. The Kier molecular flexibility index (Phi) is 22.8. The Morgan fingerprint density at radius 3 is 1.28 bits per heavy atom. The third kappa shape index (κ3) is 17.0. The van der Waals surface area contributed by atoms with Crippen molar-refractivity contribution < 1.29 is 56.7 Å². The SMILES string of the molecule is CNC(=O)c1ccc(Nc2nc(OC3CCOCC3)c3c(-c4cc[nH]c(=O)c4)c[nH]c3n2)c(OC)c1.CNC(=O)c1ccc(Nc2nc(OC3CCOCC3)c3c(-c4ccc(-c5ccc[nH]5)cc4)c[nH]c3n2)c(OC)c1.CNC(=O)c1ccc(Nc2nc(OC3CCOCC3)c3c(-c4ccc5nc(C)oc5c4)c[nH]c3n2)c(C)c1. The van der Waals surface area contributed by atoms with E-state index in [0.29, 0.717) is 137 Å². The maximum absolute atomic E-state index is 12.1. The maximum Gasteiger partial charge on any atom is 0.251 e. The quantitative estimate of drug-likeness (QED) is 0.0318. The molecule has 114 heavy (non-hydrogen) atoms. The number of oxazole rings is 1. The van der Waals surface area contributed by atoms with Crippen LogP contribution in [-0.4, -0.2) is 171 Å². The Morgan fingerprint density at radius 2 is 0.851 bits per heavy atom. The van der Waals surface area contributed by atoms with Gasteiger partial charge in [-0.1, -0.05) is 30.3 Å². The fraction of sp³-hybridized carbons (Fsp3) is 0.265. The second-order valence-electron chi connectivity index (χ2n) is 27.1. The Morgan fingerprint density at radius 1 is 0.430 bits per heavy atom. The van der Waals surface area contributed by atoms with Gasteiger partial charge in [-0.05, 0) is 120 Å². The summed E-state index contributed by atoms with van der Waals surface area (Å²) in [6.45, 7) is 7.62. The van der Waals surface area contributed by atoms with E-state index in [1.54, 1.807) is 83.1 Å². The van der Waals surface area contributed by atoms with Gasteiger partial charge in [0, 0.05) is 148 Å². The number of anilines is 6. The van der Waals surface area contributed by atoms with Crippen LogP contribution in [0.25, 0.3) is 88.8 Å². The van der Waals surface area contributed by atoms with Gasteiger partial charge in [0.25, 0.3) is 17.7 Å². The first-order valence-electron chi connectivity index (χ1n) is 37.3. The van der Waals surface area contributed by atoms with Crippen LogP contribution in [0.1, 0.15) is 81.1 Å². The van der Waals surface area contributed by atoms with Crippen molar-refractivity contribution in [3.8, 4) is 73.8 Å². The van der Waals surface area contributed by atoms with Gasteiger partial charge in [-0.25, -0.2) is 4.98 Å². The molecule has 3 aliphatic rings. The molecule has 3 aliphatic heterocycles. The lowest BCUT2D eigenvalue weighted by Crippen LogP contribution is -2.26. The average molecular weight is 1540 g/mol. The van der Waals surface area contributed by atoms with Crippen LogP contribution in [0.2, 0.25) is 0 Å². The summed E-state index contributed by atoms with van der Waals surface area (Å²) in [5, 5.41) is 19.9. The smallest absolute Gasteiger partial charge is 0.251 e. The fourth-order valence-corrected chi connectivity index (χ4v) is 13.7. The molecule has 0 spiro atoms. The number of aryl methyl sites for hydroxylation is 2. The minimum absolute atomic E-state index is 0.00886. The molecule has 31 heteroatoms. The van der Waals surface area contributed by atoms with Gasteiger partial charge in [-0.15, -0.1) is 0 Å². The Balaban J connectivity index is 0.000000135. The van der Waals surface area contributed by atoms with E-state index in [-0.39, 0.29) is 47.5 Å². The summed E-state index contributed by atoms with van der Waals surface area (Å²) < 4.78 is 52.6. The van der Waals surface area contributed by atoms with E-state index in [1.165, 1.54) is 13.2 Å². The molecule has 3 saturated heterocycles. The molecule has 5 aromatic carbocycles. The first-order chi connectivity index (χ1) is 55.7. The summed E-state index contributed by atoms with van der Waals surface area (Å²) in [4.78, 5) is 96.6. The molecule has 31 nitrogen and oxygen atoms in total. The number of ether oxygens (including phenoxy) is 8. The molecule has 9 aromatic heterocycles. The number of rotatable bonds is 21. The van der Waals surface area contributed by atoms with Crippen molar-refractivity contribution in [1.29, 1.82) is 0 Å². The van der Waals surface area contributed by atoms with Crippen molar-refractivity contribution in [2.45, 2.75) is 70.7 Å². The molecule has 3 fully saturated rings. The summed E-state index contributed by atoms with van der Waals surface area (Å²) in [6, 6.07) is 37.3. The van der Waals surface area contributed by atoms with Gasteiger partial charge in [0.1, 0.15) is 52.3 Å². The normalized spacial score (nSPS) is 14.0. The summed E-state index contributed by atoms with van der Waals surface area (Å²) >= 11 is 0. The predicted molar refractivity (Wildman–Crippen MR) is 431 cm³/mol. The van der Waals surface area contributed by atoms with Crippen LogP contribution < -0.4 is 61.1 Å². The number of hydrogen-bond acceptors (Lipinski definition) is 23. The standard InChI is InChI=1S/C30H30N6O4.C28H28N6O4.C25H26N6O5/c1-31-28(37)20-9-10-24(25(16-20)38-2)34-30-35-27-26(29(36-30)40-21-11-14-39-15-12-21)22(17-33-27)18-5-7-19(8-6-18)23-4-3-13-32-23;1-15-12-18(26(35)29-3)5-6-21(15)32-28-33-25-24(27(34-28)38-19-8-10-36-11-9-19)20(14-30-25)17-4-7-22-23(13-17)37-16(2)31-22;1-26-23(33)15-3-4-18(19(11-15)34-2)29-25-30-22-21(24(31-25)36-16-6-9-35-10-7-16)17(13-28-22)14-5-8-27-20(32)12-14/h3-10,13,16-17,21,32H,11-12,14-15H2,1-2H3,(H,31,37)(H2,33,34,35,36);4-7,12-14,19H,8-11H2,1-3H3,(H,29,35)(H2,30,32,33,34);3-5,8,11-13,16H,6-7,9-10H2,1-2H3,(H,26,33)(H,27,32)(H2,28,29,30,31). The van der Waals surface area contributed by atoms with Gasteiger partial charge in [-0.2, -0.15) is 29.9 Å². The molecular formula is C83H84N18O13. The summed E-state index contributed by atoms with van der Waals surface area (Å²) in [5.41, 5.74) is 15.1. The van der Waals surface area contributed by atoms with Crippen LogP contribution in [0, 0.1) is 13.8 Å². The number of hydrogen-bond donors (Lipinski definition) is 11. The number of nitrogens with one attached hydrogen (secondary N) is 11. The first-order valence-corrected chi connectivity index (χ1v) is 37.3. The average Bonchev–Trinajstić information content (AvgIpc) is 1.60. The predicted octanol–water partition coefficient (Wildman–Crippen LogP) is 13.3. The van der Waals surface area contributed by atoms with E-state index in [0.717, 1.165) is 116 Å². The number of methoxy groups -OCH3 is 2. The summed E-state index contributed by atoms with van der Waals surface area (Å²) in [7, 11) is 7.85. The molecule has 11 N–H and O–H groups in total. The Labute approximate surface area is 652 Å². The van der Waals surface area contributed by atoms with E-state index < -0.39 is 0 Å². The minimum Gasteiger partial charge on any atom is -0.495 e. The van der Waals surface area contributed by atoms with Crippen molar-refractivity contribution in [3.05, 3.63) is 191 Å². The zero-order valence-electron chi connectivity index (χ0n) is 63.6. The third-order valence-corrected chi connectivity index (χ3v) is 19.7. The highest BCUT2D eigenvalue weighted by Crippen LogP contribution is 2.42. The maximum atomic E-state index is 12.1. The van der Waals surface area contributed by atoms with Crippen LogP contribution in [0.5, 0.6) is 29.1 Å². The fourth-order valence-electron chi connectivity index (χ4n) is 13.7. The monoisotopic (exact) mass is 1540 g/mol. The second kappa shape index (κ2) is 34.3. The van der Waals surface area contributed by atoms with Crippen LogP contribution in [-0.2, 0) is 14.2 Å². The number of fused-ring (bicyclic) bond motifs is 4. The van der Waals surface area contributed by atoms with Crippen LogP contribution in [0.15, 0.2) is 162 Å². The minimum atomic E-state index is -0.219. The molecule has 0 aliphatic carbocycles. The van der Waals surface area contributed by atoms with Crippen molar-refractivity contribution in [2.24, 2.45) is 0 Å². The van der Waals surface area contributed by atoms with E-state index in [2.05, 4.69) is 91.1 Å². The van der Waals surface area contributed by atoms with Crippen LogP contribution in [0.3, 0.4) is 0 Å². The third-order valence-electron chi connectivity index (χ3n) is 19.7. The Hall–Kier alpha value is -13.7. The Bertz CT molecular complexity index is 5860. The molecule has 0 bridgehead atoms. The number of carbonyl (C=O) groups is 3. The van der Waals surface area contributed by atoms with Crippen molar-refractivity contribution >= 4 is 96.8 Å². The number of aromatic nitrogens is 12. The van der Waals surface area contributed by atoms with Gasteiger partial charge in [-0.3, -0.25) is 19.2 Å². The number of nitrogens with zero attached hydrogens (tertiary/aromatic N) is 7. The number of H-pyrrole nitrogens is 5. The zero-order chi connectivity index (χ0) is 78.8. The summed E-state index contributed by atoms with van der Waals surface area (Å²) in [6.07, 6.45) is 13.7. The van der Waals surface area contributed by atoms with E-state index in [1.807, 2.05) is 81.0 Å². The molecule has 584 valence electrons. The number of benzene rings is 5. The van der Waals surface area contributed by atoms with Crippen molar-refractivity contribution in [3.63, 3.8) is 0 Å². The second-order valence-corrected chi connectivity index (χ2v) is 27.1. The van der Waals surface area contributed by atoms with Gasteiger partial charge < -0.3 is 99.1 Å².